The van der Waals surface area contributed by atoms with Crippen molar-refractivity contribution in [3.63, 3.8) is 0 Å². The van der Waals surface area contributed by atoms with Crippen molar-refractivity contribution in [2.75, 3.05) is 0 Å². The molecule has 0 radical (unpaired) electrons. The van der Waals surface area contributed by atoms with E-state index in [2.05, 4.69) is 106 Å². The molecule has 0 spiro atoms. The van der Waals surface area contributed by atoms with Crippen molar-refractivity contribution in [1.29, 1.82) is 0 Å². The molecule has 208 valence electrons. The van der Waals surface area contributed by atoms with Crippen LogP contribution in [-0.4, -0.2) is 11.0 Å². The van der Waals surface area contributed by atoms with Crippen molar-refractivity contribution in [3.8, 4) is 0 Å². The van der Waals surface area contributed by atoms with Crippen molar-refractivity contribution in [2.24, 2.45) is 0 Å². The molecule has 4 aliphatic carbocycles. The molecule has 0 amide bonds. The number of halogens is 2. The molecule has 0 heterocycles. The summed E-state index contributed by atoms with van der Waals surface area (Å²) in [5.74, 6) is 0. The van der Waals surface area contributed by atoms with E-state index < -0.39 is 40.1 Å². The molecule has 0 saturated carbocycles. The van der Waals surface area contributed by atoms with Crippen LogP contribution in [0.1, 0.15) is 81.1 Å². The smallest absolute Gasteiger partial charge is 0.147 e. The van der Waals surface area contributed by atoms with Gasteiger partial charge in [-0.15, -0.1) is 24.8 Å². The van der Waals surface area contributed by atoms with Crippen LogP contribution in [0.25, 0.3) is 0 Å². The quantitative estimate of drug-likeness (QED) is 0.247. The molecule has 0 unspecified atom stereocenters. The van der Waals surface area contributed by atoms with Gasteiger partial charge in [-0.2, -0.15) is 0 Å². The summed E-state index contributed by atoms with van der Waals surface area (Å²) in [5.41, 5.74) is 12.6. The van der Waals surface area contributed by atoms with Crippen LogP contribution in [0, 0.1) is 0 Å². The normalized spacial score (nSPS) is 18.4. The Bertz CT molecular complexity index is 1120. The van der Waals surface area contributed by atoms with Crippen molar-refractivity contribution >= 4 is 35.8 Å². The van der Waals surface area contributed by atoms with Crippen LogP contribution >= 0.6 is 24.8 Å². The third-order valence-corrected chi connectivity index (χ3v) is 59.3. The summed E-state index contributed by atoms with van der Waals surface area (Å²) in [6, 6.07) is 0. The van der Waals surface area contributed by atoms with E-state index >= 15 is 0 Å². The average Bonchev–Trinajstić information content (AvgIpc) is 3.53. The Morgan fingerprint density at radius 3 is 0.711 bits per heavy atom. The first kappa shape index (κ1) is 36.7. The topological polar surface area (TPSA) is 0 Å². The molecule has 0 saturated heterocycles. The molecule has 0 aromatic rings. The molecular formula is C32H50Cl2Hf2Si2. The van der Waals surface area contributed by atoms with Crippen molar-refractivity contribution < 1.29 is 40.1 Å². The summed E-state index contributed by atoms with van der Waals surface area (Å²) < 4.78 is 7.70. The SMILES string of the molecule is CC1=CC[C]([Hf]([C]2=C(C)C(C)=CC2)=[Si](C)C)=C1C.CC1=CC[C]([Hf]([C]2=C(C)C(C)=CC2)=[Si](C)C)=C1C.Cl.Cl. The van der Waals surface area contributed by atoms with Gasteiger partial charge in [0.05, 0.1) is 0 Å². The second-order valence-electron chi connectivity index (χ2n) is 11.5. The largest absolute Gasteiger partial charge is 0.147 e. The molecule has 0 aromatic carbocycles. The first-order chi connectivity index (χ1) is 16.9. The van der Waals surface area contributed by atoms with Crippen molar-refractivity contribution in [3.05, 3.63) is 82.2 Å². The zero-order valence-electron chi connectivity index (χ0n) is 26.0. The molecule has 0 N–H and O–H groups in total. The first-order valence-corrected chi connectivity index (χ1v) is 36.7. The third kappa shape index (κ3) is 7.94. The zero-order valence-corrected chi connectivity index (χ0v) is 36.8. The van der Waals surface area contributed by atoms with Crippen molar-refractivity contribution in [2.45, 2.75) is 107 Å². The van der Waals surface area contributed by atoms with Crippen LogP contribution < -0.4 is 0 Å². The van der Waals surface area contributed by atoms with E-state index in [1.54, 1.807) is 44.6 Å². The van der Waals surface area contributed by atoms with Gasteiger partial charge in [0.2, 0.25) is 0 Å². The summed E-state index contributed by atoms with van der Waals surface area (Å²) in [6.45, 7) is 28.9. The molecule has 0 aliphatic heterocycles. The molecule has 4 aliphatic rings. The van der Waals surface area contributed by atoms with E-state index in [0.29, 0.717) is 0 Å². The predicted molar refractivity (Wildman–Crippen MR) is 174 cm³/mol. The monoisotopic (exact) mass is 920 g/mol. The van der Waals surface area contributed by atoms with Gasteiger partial charge in [-0.1, -0.05) is 0 Å². The number of allylic oxidation sites excluding steroid dienone is 16. The fourth-order valence-electron chi connectivity index (χ4n) is 5.93. The summed E-state index contributed by atoms with van der Waals surface area (Å²) in [4.78, 5) is 0. The summed E-state index contributed by atoms with van der Waals surface area (Å²) in [5, 5.41) is 0. The van der Waals surface area contributed by atoms with Gasteiger partial charge >= 0.3 is 241 Å². The average molecular weight is 919 g/mol. The van der Waals surface area contributed by atoms with Crippen LogP contribution in [0.15, 0.2) is 82.2 Å². The Hall–Kier alpha value is 0.674. The fraction of sp³-hybridized carbons (Fsp3) is 0.500. The van der Waals surface area contributed by atoms with Crippen LogP contribution in [-0.2, 0) is 40.1 Å². The number of hydrogen-bond donors (Lipinski definition) is 0. The van der Waals surface area contributed by atoms with E-state index in [9.17, 15) is 0 Å². The zero-order chi connectivity index (χ0) is 26.9. The molecule has 0 aromatic heterocycles. The predicted octanol–water partition coefficient (Wildman–Crippen LogP) is 11.1. The van der Waals surface area contributed by atoms with E-state index in [4.69, 9.17) is 0 Å². The van der Waals surface area contributed by atoms with E-state index in [0.717, 1.165) is 0 Å². The maximum absolute atomic E-state index is 2.56. The standard InChI is InChI=1S/4C7H9.2C2H6Si.2ClH.2Hf/c4*1-6-4-3-5-7(6)2;2*1-3-2;;;;/h4*4H,3H2,1-2H3;2*1-2H3;2*1H;;. The Labute approximate surface area is 262 Å². The fourth-order valence-corrected chi connectivity index (χ4v) is 59.1. The number of hydrogen-bond acceptors (Lipinski definition) is 0. The minimum atomic E-state index is -1.70. The van der Waals surface area contributed by atoms with Gasteiger partial charge in [-0.3, -0.25) is 0 Å². The van der Waals surface area contributed by atoms with Crippen LogP contribution in [0.4, 0.5) is 0 Å². The van der Waals surface area contributed by atoms with Gasteiger partial charge in [0.25, 0.3) is 0 Å². The third-order valence-electron chi connectivity index (χ3n) is 8.83. The second kappa shape index (κ2) is 15.8. The van der Waals surface area contributed by atoms with E-state index in [1.807, 2.05) is 13.3 Å². The number of rotatable bonds is 4. The molecular weight excluding hydrogens is 868 g/mol. The van der Waals surface area contributed by atoms with Crippen molar-refractivity contribution in [1.82, 2.24) is 0 Å². The molecule has 0 fully saturated rings. The van der Waals surface area contributed by atoms with Gasteiger partial charge in [0, 0.05) is 0 Å². The molecule has 0 nitrogen and oxygen atoms in total. The Balaban J connectivity index is 0.000000361. The molecule has 0 atom stereocenters. The summed E-state index contributed by atoms with van der Waals surface area (Å²) in [6.07, 6.45) is 15.0. The molecule has 6 heteroatoms. The molecule has 4 rings (SSSR count). The Kier molecular flexibility index (Phi) is 15.2. The minimum Gasteiger partial charge on any atom is -0.147 e. The Morgan fingerprint density at radius 2 is 0.605 bits per heavy atom. The van der Waals surface area contributed by atoms with Gasteiger partial charge < -0.3 is 0 Å². The van der Waals surface area contributed by atoms with Gasteiger partial charge in [0.1, 0.15) is 0 Å². The van der Waals surface area contributed by atoms with Gasteiger partial charge in [0.15, 0.2) is 0 Å². The van der Waals surface area contributed by atoms with E-state index in [-0.39, 0.29) is 35.8 Å². The first-order valence-electron chi connectivity index (χ1n) is 13.7. The summed E-state index contributed by atoms with van der Waals surface area (Å²) in [7, 11) is 0. The van der Waals surface area contributed by atoms with E-state index in [1.165, 1.54) is 25.7 Å². The van der Waals surface area contributed by atoms with Crippen LogP contribution in [0.2, 0.25) is 26.2 Å². The van der Waals surface area contributed by atoms with Crippen LogP contribution in [0.3, 0.4) is 0 Å². The maximum atomic E-state index is 2.56. The van der Waals surface area contributed by atoms with Gasteiger partial charge in [-0.25, -0.2) is 0 Å². The molecule has 0 bridgehead atoms. The van der Waals surface area contributed by atoms with Gasteiger partial charge in [-0.05, 0) is 0 Å². The van der Waals surface area contributed by atoms with Crippen LogP contribution in [0.5, 0.6) is 0 Å². The Morgan fingerprint density at radius 1 is 0.421 bits per heavy atom. The maximum Gasteiger partial charge on any atom is -0.147 e. The second-order valence-corrected chi connectivity index (χ2v) is 59.3. The summed E-state index contributed by atoms with van der Waals surface area (Å²) >= 11 is -3.40. The molecule has 38 heavy (non-hydrogen) atoms. The minimum absolute atomic E-state index is 0.